The van der Waals surface area contributed by atoms with Crippen LogP contribution in [0.15, 0.2) is 64.4 Å². The van der Waals surface area contributed by atoms with Crippen molar-refractivity contribution in [2.45, 2.75) is 48.5 Å². The lowest BCUT2D eigenvalue weighted by molar-refractivity contribution is -0.116. The number of amides is 1. The Kier molecular flexibility index (Phi) is 8.46. The number of carbonyl (C=O) groups is 1. The molecule has 1 N–H and O–H groups in total. The zero-order valence-electron chi connectivity index (χ0n) is 20.4. The van der Waals surface area contributed by atoms with Crippen molar-refractivity contribution in [3.05, 3.63) is 54.6 Å². The van der Waals surface area contributed by atoms with E-state index < -0.39 is 26.0 Å². The quantitative estimate of drug-likeness (QED) is 0.528. The third kappa shape index (κ3) is 6.33. The fourth-order valence-electron chi connectivity index (χ4n) is 4.59. The van der Waals surface area contributed by atoms with E-state index in [4.69, 9.17) is 4.74 Å². The van der Waals surface area contributed by atoms with Crippen LogP contribution in [-0.4, -0.2) is 70.2 Å². The smallest absolute Gasteiger partial charge is 0.243 e. The van der Waals surface area contributed by atoms with Crippen LogP contribution in [0.25, 0.3) is 0 Å². The summed E-state index contributed by atoms with van der Waals surface area (Å²) in [5.41, 5.74) is 0.568. The summed E-state index contributed by atoms with van der Waals surface area (Å²) in [6.07, 6.45) is 3.02. The maximum absolute atomic E-state index is 13.5. The van der Waals surface area contributed by atoms with Crippen molar-refractivity contribution >= 4 is 31.6 Å². The van der Waals surface area contributed by atoms with E-state index in [9.17, 15) is 21.6 Å². The minimum atomic E-state index is -4.09. The second-order valence-electron chi connectivity index (χ2n) is 9.43. The Morgan fingerprint density at radius 3 is 2.33 bits per heavy atom. The van der Waals surface area contributed by atoms with Crippen LogP contribution in [0.3, 0.4) is 0 Å². The van der Waals surface area contributed by atoms with Gasteiger partial charge in [0.1, 0.15) is 0 Å². The molecule has 9 nitrogen and oxygen atoms in total. The molecule has 2 saturated heterocycles. The highest BCUT2D eigenvalue weighted by molar-refractivity contribution is 7.89. The van der Waals surface area contributed by atoms with E-state index in [2.05, 4.69) is 5.32 Å². The number of benzene rings is 2. The van der Waals surface area contributed by atoms with Gasteiger partial charge >= 0.3 is 0 Å². The molecule has 0 aromatic heterocycles. The Balaban J connectivity index is 1.54. The molecule has 0 bridgehead atoms. The molecule has 2 aromatic carbocycles. The number of nitrogens with one attached hydrogen (secondary N) is 1. The van der Waals surface area contributed by atoms with Crippen molar-refractivity contribution in [1.82, 2.24) is 8.61 Å². The van der Waals surface area contributed by atoms with Crippen LogP contribution in [-0.2, 0) is 29.6 Å². The number of hydrogen-bond acceptors (Lipinski definition) is 6. The summed E-state index contributed by atoms with van der Waals surface area (Å²) in [5.74, 6) is -0.192. The molecule has 2 heterocycles. The van der Waals surface area contributed by atoms with Gasteiger partial charge < -0.3 is 10.1 Å². The van der Waals surface area contributed by atoms with Gasteiger partial charge in [-0.1, -0.05) is 25.1 Å². The van der Waals surface area contributed by atoms with Crippen molar-refractivity contribution in [2.75, 3.05) is 38.1 Å². The van der Waals surface area contributed by atoms with Gasteiger partial charge in [-0.25, -0.2) is 16.8 Å². The van der Waals surface area contributed by atoms with Crippen LogP contribution in [0, 0.1) is 5.92 Å². The maximum Gasteiger partial charge on any atom is 0.243 e. The second-order valence-corrected chi connectivity index (χ2v) is 13.3. The molecule has 2 fully saturated rings. The lowest BCUT2D eigenvalue weighted by atomic mass is 10.0. The van der Waals surface area contributed by atoms with Crippen LogP contribution in [0.1, 0.15) is 32.6 Å². The zero-order valence-corrected chi connectivity index (χ0v) is 22.0. The molecule has 2 aliphatic rings. The fourth-order valence-corrected chi connectivity index (χ4v) is 7.62. The number of rotatable bonds is 9. The summed E-state index contributed by atoms with van der Waals surface area (Å²) in [4.78, 5) is 12.7. The average molecular weight is 536 g/mol. The average Bonchev–Trinajstić information content (AvgIpc) is 3.37. The van der Waals surface area contributed by atoms with E-state index in [0.717, 1.165) is 23.6 Å². The van der Waals surface area contributed by atoms with Crippen molar-refractivity contribution in [1.29, 1.82) is 0 Å². The second kappa shape index (κ2) is 11.4. The molecular formula is C25H33N3O6S2. The minimum absolute atomic E-state index is 0.0380. The number of nitrogens with zero attached hydrogens (tertiary/aromatic N) is 2. The molecule has 196 valence electrons. The first-order chi connectivity index (χ1) is 17.2. The number of hydrogen-bond donors (Lipinski definition) is 1. The molecule has 0 aliphatic carbocycles. The van der Waals surface area contributed by atoms with E-state index in [1.165, 1.54) is 28.6 Å². The summed E-state index contributed by atoms with van der Waals surface area (Å²) in [7, 11) is -7.80. The molecule has 2 aromatic rings. The van der Waals surface area contributed by atoms with Gasteiger partial charge in [-0.05, 0) is 68.0 Å². The molecule has 4 rings (SSSR count). The minimum Gasteiger partial charge on any atom is -0.377 e. The molecule has 1 amide bonds. The van der Waals surface area contributed by atoms with Crippen LogP contribution in [0.2, 0.25) is 0 Å². The molecular weight excluding hydrogens is 502 g/mol. The van der Waals surface area contributed by atoms with Crippen LogP contribution in [0.5, 0.6) is 0 Å². The van der Waals surface area contributed by atoms with E-state index in [0.29, 0.717) is 31.8 Å². The lowest BCUT2D eigenvalue weighted by Crippen LogP contribution is -2.42. The summed E-state index contributed by atoms with van der Waals surface area (Å²) in [6.45, 7) is 3.13. The number of ether oxygens (including phenoxy) is 1. The first kappa shape index (κ1) is 26.7. The van der Waals surface area contributed by atoms with Gasteiger partial charge in [-0.15, -0.1) is 0 Å². The standard InChI is InChI=1S/C25H33N3O6S2/c1-20-7-5-15-27(17-20)35(30,31)23-11-13-24(14-12-23)36(32,33)28(18-22-10-6-16-34-22)19-25(29)26-21-8-3-2-4-9-21/h2-4,8-9,11-14,20,22H,5-7,10,15-19H2,1H3,(H,26,29)/t20-,22-/m1/s1. The van der Waals surface area contributed by atoms with Crippen molar-refractivity contribution < 1.29 is 26.4 Å². The van der Waals surface area contributed by atoms with E-state index in [1.54, 1.807) is 24.3 Å². The van der Waals surface area contributed by atoms with Gasteiger partial charge in [0.05, 0.1) is 22.4 Å². The Morgan fingerprint density at radius 2 is 1.69 bits per heavy atom. The maximum atomic E-state index is 13.5. The molecule has 0 unspecified atom stereocenters. The van der Waals surface area contributed by atoms with Gasteiger partial charge in [-0.2, -0.15) is 8.61 Å². The van der Waals surface area contributed by atoms with Crippen molar-refractivity contribution in [2.24, 2.45) is 5.92 Å². The topological polar surface area (TPSA) is 113 Å². The van der Waals surface area contributed by atoms with Gasteiger partial charge in [0, 0.05) is 31.9 Å². The SMILES string of the molecule is C[C@@H]1CCCN(S(=O)(=O)c2ccc(S(=O)(=O)N(CC(=O)Nc3ccccc3)C[C@H]3CCCO3)cc2)C1. The van der Waals surface area contributed by atoms with Gasteiger partial charge in [0.15, 0.2) is 0 Å². The first-order valence-electron chi connectivity index (χ1n) is 12.2. The Bertz CT molecular complexity index is 1240. The highest BCUT2D eigenvalue weighted by Crippen LogP contribution is 2.26. The predicted octanol–water partition coefficient (Wildman–Crippen LogP) is 2.92. The van der Waals surface area contributed by atoms with E-state index >= 15 is 0 Å². The molecule has 0 spiro atoms. The molecule has 36 heavy (non-hydrogen) atoms. The Morgan fingerprint density at radius 1 is 1.00 bits per heavy atom. The summed E-state index contributed by atoms with van der Waals surface area (Å²) in [5, 5.41) is 2.72. The van der Waals surface area contributed by atoms with Gasteiger partial charge in [-0.3, -0.25) is 4.79 Å². The molecule has 11 heteroatoms. The number of piperidine rings is 1. The van der Waals surface area contributed by atoms with E-state index in [-0.39, 0.29) is 34.9 Å². The van der Waals surface area contributed by atoms with Crippen LogP contribution in [0.4, 0.5) is 5.69 Å². The molecule has 0 radical (unpaired) electrons. The number of para-hydroxylation sites is 1. The summed E-state index contributed by atoms with van der Waals surface area (Å²) in [6, 6.07) is 14.1. The zero-order chi connectivity index (χ0) is 25.8. The first-order valence-corrected chi connectivity index (χ1v) is 15.1. The Labute approximate surface area is 213 Å². The predicted molar refractivity (Wildman–Crippen MR) is 136 cm³/mol. The third-order valence-electron chi connectivity index (χ3n) is 6.53. The molecule has 2 atom stereocenters. The van der Waals surface area contributed by atoms with Crippen molar-refractivity contribution in [3.8, 4) is 0 Å². The van der Waals surface area contributed by atoms with Gasteiger partial charge in [0.25, 0.3) is 0 Å². The lowest BCUT2D eigenvalue weighted by Gasteiger charge is -2.30. The molecule has 2 aliphatic heterocycles. The summed E-state index contributed by atoms with van der Waals surface area (Å²) < 4.78 is 61.4. The monoisotopic (exact) mass is 535 g/mol. The third-order valence-corrected chi connectivity index (χ3v) is 10.2. The largest absolute Gasteiger partial charge is 0.377 e. The van der Waals surface area contributed by atoms with Gasteiger partial charge in [0.2, 0.25) is 26.0 Å². The number of anilines is 1. The highest BCUT2D eigenvalue weighted by atomic mass is 32.2. The Hall–Kier alpha value is -2.31. The highest BCUT2D eigenvalue weighted by Gasteiger charge is 2.32. The fraction of sp³-hybridized carbons (Fsp3) is 0.480. The van der Waals surface area contributed by atoms with Crippen LogP contribution >= 0.6 is 0 Å². The van der Waals surface area contributed by atoms with Crippen LogP contribution < -0.4 is 5.32 Å². The summed E-state index contributed by atoms with van der Waals surface area (Å²) >= 11 is 0. The molecule has 0 saturated carbocycles. The normalized spacial score (nSPS) is 21.5. The number of sulfonamides is 2. The number of carbonyl (C=O) groups excluding carboxylic acids is 1. The van der Waals surface area contributed by atoms with E-state index in [1.807, 2.05) is 13.0 Å². The van der Waals surface area contributed by atoms with Crippen molar-refractivity contribution in [3.63, 3.8) is 0 Å².